The van der Waals surface area contributed by atoms with Gasteiger partial charge in [-0.15, -0.1) is 0 Å². The van der Waals surface area contributed by atoms with Crippen LogP contribution in [0.15, 0.2) is 72.6 Å². The number of rotatable bonds is 1. The van der Waals surface area contributed by atoms with E-state index in [2.05, 4.69) is 64.8 Å². The molecule has 0 bridgehead atoms. The summed E-state index contributed by atoms with van der Waals surface area (Å²) >= 11 is 6.55. The van der Waals surface area contributed by atoms with Crippen LogP contribution in [-0.4, -0.2) is 13.1 Å². The number of allylic oxidation sites excluding steroid dienone is 1. The number of nitrogens with zero attached hydrogens (tertiary/aromatic N) is 1. The molecule has 1 N–H and O–H groups in total. The van der Waals surface area contributed by atoms with Crippen LogP contribution in [-0.2, 0) is 0 Å². The fourth-order valence-corrected chi connectivity index (χ4v) is 4.22. The fraction of sp³-hybridized carbons (Fsp3) is 0.143. The SMILES string of the molecule is Clc1ccccc1C1C=C2NCCN2c2ccc3ccccc3c21. The quantitative estimate of drug-likeness (QED) is 0.682. The molecule has 3 aromatic rings. The summed E-state index contributed by atoms with van der Waals surface area (Å²) in [7, 11) is 0. The van der Waals surface area contributed by atoms with Gasteiger partial charge >= 0.3 is 0 Å². The molecule has 1 atom stereocenters. The summed E-state index contributed by atoms with van der Waals surface area (Å²) in [5, 5.41) is 6.92. The maximum atomic E-state index is 6.55. The lowest BCUT2D eigenvalue weighted by Crippen LogP contribution is -2.26. The molecule has 0 saturated carbocycles. The Bertz CT molecular complexity index is 976. The first-order chi connectivity index (χ1) is 11.8. The molecule has 24 heavy (non-hydrogen) atoms. The van der Waals surface area contributed by atoms with Gasteiger partial charge in [-0.1, -0.05) is 60.1 Å². The van der Waals surface area contributed by atoms with Crippen molar-refractivity contribution in [2.24, 2.45) is 0 Å². The minimum absolute atomic E-state index is 0.164. The van der Waals surface area contributed by atoms with E-state index < -0.39 is 0 Å². The number of benzene rings is 3. The van der Waals surface area contributed by atoms with Crippen molar-refractivity contribution in [3.05, 3.63) is 88.7 Å². The number of hydrogen-bond donors (Lipinski definition) is 1. The molecule has 0 amide bonds. The average Bonchev–Trinajstić information content (AvgIpc) is 3.10. The van der Waals surface area contributed by atoms with Crippen molar-refractivity contribution in [1.82, 2.24) is 5.32 Å². The maximum Gasteiger partial charge on any atom is 0.103 e. The highest BCUT2D eigenvalue weighted by Crippen LogP contribution is 2.45. The molecular weight excluding hydrogens is 316 g/mol. The molecule has 0 spiro atoms. The molecule has 1 unspecified atom stereocenters. The van der Waals surface area contributed by atoms with Gasteiger partial charge < -0.3 is 10.2 Å². The fourth-order valence-electron chi connectivity index (χ4n) is 3.97. The van der Waals surface area contributed by atoms with Crippen LogP contribution in [0.5, 0.6) is 0 Å². The third-order valence-corrected chi connectivity index (χ3v) is 5.39. The van der Waals surface area contributed by atoms with Crippen molar-refractivity contribution in [3.8, 4) is 0 Å². The van der Waals surface area contributed by atoms with Crippen LogP contribution in [0.2, 0.25) is 5.02 Å². The van der Waals surface area contributed by atoms with Crippen molar-refractivity contribution < 1.29 is 0 Å². The van der Waals surface area contributed by atoms with E-state index in [-0.39, 0.29) is 5.92 Å². The predicted octanol–water partition coefficient (Wildman–Crippen LogP) is 4.89. The first-order valence-electron chi connectivity index (χ1n) is 8.32. The van der Waals surface area contributed by atoms with Gasteiger partial charge in [0.15, 0.2) is 0 Å². The van der Waals surface area contributed by atoms with Crippen molar-refractivity contribution in [2.45, 2.75) is 5.92 Å². The molecule has 118 valence electrons. The Hall–Kier alpha value is -2.45. The molecule has 2 nitrogen and oxygen atoms in total. The topological polar surface area (TPSA) is 15.3 Å². The Morgan fingerprint density at radius 2 is 1.79 bits per heavy atom. The molecular formula is C21H17ClN2. The van der Waals surface area contributed by atoms with Crippen LogP contribution in [0.4, 0.5) is 5.69 Å². The largest absolute Gasteiger partial charge is 0.370 e. The van der Waals surface area contributed by atoms with E-state index in [1.807, 2.05) is 12.1 Å². The van der Waals surface area contributed by atoms with E-state index in [0.717, 1.165) is 23.7 Å². The highest BCUT2D eigenvalue weighted by molar-refractivity contribution is 6.31. The monoisotopic (exact) mass is 332 g/mol. The van der Waals surface area contributed by atoms with Crippen LogP contribution in [0, 0.1) is 0 Å². The summed E-state index contributed by atoms with van der Waals surface area (Å²) < 4.78 is 0. The standard InChI is InChI=1S/C21H17ClN2/c22-18-8-4-3-7-16(18)17-13-20-23-11-12-24(20)19-10-9-14-5-1-2-6-15(14)21(17)19/h1-10,13,17,23H,11-12H2. The van der Waals surface area contributed by atoms with E-state index in [1.165, 1.54) is 27.8 Å². The molecule has 2 heterocycles. The van der Waals surface area contributed by atoms with Gasteiger partial charge in [-0.05, 0) is 40.1 Å². The zero-order valence-electron chi connectivity index (χ0n) is 13.2. The van der Waals surface area contributed by atoms with Gasteiger partial charge in [0.05, 0.1) is 0 Å². The second-order valence-electron chi connectivity index (χ2n) is 6.35. The lowest BCUT2D eigenvalue weighted by molar-refractivity contribution is 0.900. The van der Waals surface area contributed by atoms with Crippen LogP contribution in [0.25, 0.3) is 10.8 Å². The summed E-state index contributed by atoms with van der Waals surface area (Å²) in [5.41, 5.74) is 3.81. The molecule has 1 saturated heterocycles. The van der Waals surface area contributed by atoms with Crippen molar-refractivity contribution in [2.75, 3.05) is 18.0 Å². The van der Waals surface area contributed by atoms with Crippen molar-refractivity contribution in [1.29, 1.82) is 0 Å². The number of nitrogens with one attached hydrogen (secondary N) is 1. The van der Waals surface area contributed by atoms with Crippen LogP contribution >= 0.6 is 11.6 Å². The molecule has 0 aliphatic carbocycles. The number of hydrogen-bond acceptors (Lipinski definition) is 2. The Balaban J connectivity index is 1.84. The Morgan fingerprint density at radius 3 is 2.71 bits per heavy atom. The van der Waals surface area contributed by atoms with Gasteiger partial charge in [0.2, 0.25) is 0 Å². The predicted molar refractivity (Wildman–Crippen MR) is 101 cm³/mol. The maximum absolute atomic E-state index is 6.55. The van der Waals surface area contributed by atoms with E-state index in [4.69, 9.17) is 11.6 Å². The zero-order chi connectivity index (χ0) is 16.1. The molecule has 2 aliphatic rings. The molecule has 0 aromatic heterocycles. The minimum atomic E-state index is 0.164. The molecule has 0 radical (unpaired) electrons. The highest BCUT2D eigenvalue weighted by Gasteiger charge is 2.31. The minimum Gasteiger partial charge on any atom is -0.370 e. The van der Waals surface area contributed by atoms with Gasteiger partial charge in [0.1, 0.15) is 5.82 Å². The number of anilines is 1. The lowest BCUT2D eigenvalue weighted by Gasteiger charge is -2.32. The third-order valence-electron chi connectivity index (χ3n) is 5.05. The van der Waals surface area contributed by atoms with Crippen LogP contribution in [0.1, 0.15) is 17.0 Å². The summed E-state index contributed by atoms with van der Waals surface area (Å²) in [4.78, 5) is 2.38. The molecule has 2 aliphatic heterocycles. The van der Waals surface area contributed by atoms with E-state index in [9.17, 15) is 0 Å². The summed E-state index contributed by atoms with van der Waals surface area (Å²) in [6, 6.07) is 21.3. The smallest absolute Gasteiger partial charge is 0.103 e. The lowest BCUT2D eigenvalue weighted by atomic mass is 9.84. The second kappa shape index (κ2) is 5.29. The highest BCUT2D eigenvalue weighted by atomic mass is 35.5. The zero-order valence-corrected chi connectivity index (χ0v) is 13.9. The number of fused-ring (bicyclic) bond motifs is 5. The van der Waals surface area contributed by atoms with Gasteiger partial charge in [0, 0.05) is 29.7 Å². The van der Waals surface area contributed by atoms with Crippen molar-refractivity contribution in [3.63, 3.8) is 0 Å². The van der Waals surface area contributed by atoms with E-state index in [1.54, 1.807) is 0 Å². The first kappa shape index (κ1) is 13.9. The van der Waals surface area contributed by atoms with E-state index in [0.29, 0.717) is 0 Å². The molecule has 3 heteroatoms. The molecule has 5 rings (SSSR count). The van der Waals surface area contributed by atoms with Gasteiger partial charge in [-0.25, -0.2) is 0 Å². The normalized spacial score (nSPS) is 18.8. The third kappa shape index (κ3) is 1.96. The Morgan fingerprint density at radius 1 is 0.958 bits per heavy atom. The van der Waals surface area contributed by atoms with Crippen molar-refractivity contribution >= 4 is 28.1 Å². The average molecular weight is 333 g/mol. The van der Waals surface area contributed by atoms with Crippen LogP contribution < -0.4 is 10.2 Å². The first-order valence-corrected chi connectivity index (χ1v) is 8.70. The van der Waals surface area contributed by atoms with Gasteiger partial charge in [0.25, 0.3) is 0 Å². The Labute approximate surface area is 146 Å². The van der Waals surface area contributed by atoms with Gasteiger partial charge in [-0.3, -0.25) is 0 Å². The Kier molecular flexibility index (Phi) is 3.07. The molecule has 1 fully saturated rings. The summed E-state index contributed by atoms with van der Waals surface area (Å²) in [6.45, 7) is 1.99. The second-order valence-corrected chi connectivity index (χ2v) is 6.76. The van der Waals surface area contributed by atoms with Gasteiger partial charge in [-0.2, -0.15) is 0 Å². The summed E-state index contributed by atoms with van der Waals surface area (Å²) in [6.07, 6.45) is 2.32. The summed E-state index contributed by atoms with van der Waals surface area (Å²) in [5.74, 6) is 1.36. The van der Waals surface area contributed by atoms with E-state index >= 15 is 0 Å². The van der Waals surface area contributed by atoms with Crippen LogP contribution in [0.3, 0.4) is 0 Å². The number of halogens is 1. The molecule has 3 aromatic carbocycles.